The van der Waals surface area contributed by atoms with Gasteiger partial charge in [-0.1, -0.05) is 155 Å². The Morgan fingerprint density at radius 2 is 0.839 bits per heavy atom. The SMILES string of the molecule is CC1(C)c2cc(-c3cccc(-c4ccccc4)c3)ccc2N2c3ccc(-c4cccc(-c5ccccc5)c4)cc3C(C)(C)c3c2c1cc1c3sc2ccccc21. The molecule has 0 fully saturated rings. The predicted molar refractivity (Wildman–Crippen MR) is 240 cm³/mol. The second-order valence-electron chi connectivity index (χ2n) is 16.6. The van der Waals surface area contributed by atoms with Gasteiger partial charge in [-0.15, -0.1) is 11.3 Å². The van der Waals surface area contributed by atoms with Gasteiger partial charge in [0.2, 0.25) is 0 Å². The number of rotatable bonds is 4. The van der Waals surface area contributed by atoms with E-state index in [-0.39, 0.29) is 10.8 Å². The topological polar surface area (TPSA) is 3.24 Å². The molecule has 56 heavy (non-hydrogen) atoms. The highest BCUT2D eigenvalue weighted by molar-refractivity contribution is 7.26. The molecule has 1 aromatic heterocycles. The molecule has 2 aliphatic rings. The van der Waals surface area contributed by atoms with Crippen LogP contribution in [0.4, 0.5) is 17.1 Å². The summed E-state index contributed by atoms with van der Waals surface area (Å²) in [6, 6.07) is 65.4. The highest BCUT2D eigenvalue weighted by atomic mass is 32.1. The molecule has 8 aromatic carbocycles. The molecule has 0 saturated heterocycles. The van der Waals surface area contributed by atoms with Gasteiger partial charge < -0.3 is 4.90 Å². The molecule has 0 bridgehead atoms. The lowest BCUT2D eigenvalue weighted by Crippen LogP contribution is -2.38. The average molecular weight is 736 g/mol. The van der Waals surface area contributed by atoms with Crippen LogP contribution < -0.4 is 4.90 Å². The van der Waals surface area contributed by atoms with Crippen molar-refractivity contribution in [3.8, 4) is 44.5 Å². The highest BCUT2D eigenvalue weighted by Crippen LogP contribution is 2.63. The number of thiophene rings is 1. The van der Waals surface area contributed by atoms with Crippen LogP contribution in [0.1, 0.15) is 49.9 Å². The van der Waals surface area contributed by atoms with Crippen LogP contribution in [0.2, 0.25) is 0 Å². The summed E-state index contributed by atoms with van der Waals surface area (Å²) in [5, 5.41) is 2.71. The standard InChI is InChI=1S/C54H41NS/c1-53(2)44-31-40(38-21-13-19-36(29-38)34-15-7-5-8-16-34)25-27-47(44)55-48-28-26-41(39-22-14-20-37(30-39)35-17-9-6-10-18-35)32-45(48)54(3,4)50-51(55)46(53)33-43-42-23-11-12-24-49(42)56-52(43)50/h5-33H,1-4H3. The molecule has 9 aromatic rings. The fraction of sp³-hybridized carbons (Fsp3) is 0.111. The first-order valence-corrected chi connectivity index (χ1v) is 20.5. The molecule has 2 heteroatoms. The van der Waals surface area contributed by atoms with Crippen LogP contribution in [0.15, 0.2) is 176 Å². The lowest BCUT2D eigenvalue weighted by Gasteiger charge is -2.50. The maximum atomic E-state index is 2.62. The van der Waals surface area contributed by atoms with E-state index in [0.29, 0.717) is 0 Å². The van der Waals surface area contributed by atoms with Crippen molar-refractivity contribution < 1.29 is 0 Å². The van der Waals surface area contributed by atoms with Crippen LogP contribution in [0.25, 0.3) is 64.7 Å². The molecule has 0 atom stereocenters. The van der Waals surface area contributed by atoms with Crippen LogP contribution in [0.3, 0.4) is 0 Å². The average Bonchev–Trinajstić information content (AvgIpc) is 3.62. The zero-order chi connectivity index (χ0) is 37.8. The third-order valence-electron chi connectivity index (χ3n) is 12.6. The van der Waals surface area contributed by atoms with Crippen molar-refractivity contribution in [3.63, 3.8) is 0 Å². The number of benzene rings is 8. The van der Waals surface area contributed by atoms with Gasteiger partial charge in [0.05, 0.1) is 17.1 Å². The van der Waals surface area contributed by atoms with E-state index in [4.69, 9.17) is 0 Å². The first-order chi connectivity index (χ1) is 27.3. The fourth-order valence-corrected chi connectivity index (χ4v) is 11.0. The minimum atomic E-state index is -0.255. The summed E-state index contributed by atoms with van der Waals surface area (Å²) in [7, 11) is 0. The number of hydrogen-bond acceptors (Lipinski definition) is 2. The first kappa shape index (κ1) is 33.1. The maximum Gasteiger partial charge on any atom is 0.0558 e. The van der Waals surface area contributed by atoms with Crippen molar-refractivity contribution in [2.75, 3.05) is 4.90 Å². The van der Waals surface area contributed by atoms with Crippen molar-refractivity contribution in [3.05, 3.63) is 198 Å². The Hall–Kier alpha value is -6.22. The molecule has 0 N–H and O–H groups in total. The number of fused-ring (bicyclic) bond motifs is 8. The molecule has 0 aliphatic carbocycles. The Labute approximate surface area is 333 Å². The molecule has 268 valence electrons. The van der Waals surface area contributed by atoms with Crippen molar-refractivity contribution in [2.45, 2.75) is 38.5 Å². The molecule has 11 rings (SSSR count). The van der Waals surface area contributed by atoms with E-state index in [9.17, 15) is 0 Å². The van der Waals surface area contributed by atoms with Crippen LogP contribution >= 0.6 is 11.3 Å². The third-order valence-corrected chi connectivity index (χ3v) is 13.8. The minimum Gasteiger partial charge on any atom is -0.309 e. The number of nitrogens with zero attached hydrogens (tertiary/aromatic N) is 1. The quantitative estimate of drug-likeness (QED) is 0.174. The monoisotopic (exact) mass is 735 g/mol. The Kier molecular flexibility index (Phi) is 7.18. The highest BCUT2D eigenvalue weighted by Gasteiger charge is 2.47. The molecule has 0 amide bonds. The second kappa shape index (κ2) is 12.1. The summed E-state index contributed by atoms with van der Waals surface area (Å²) in [5.74, 6) is 0. The van der Waals surface area contributed by atoms with Crippen molar-refractivity contribution >= 4 is 48.6 Å². The van der Waals surface area contributed by atoms with Gasteiger partial charge in [-0.25, -0.2) is 0 Å². The summed E-state index contributed by atoms with van der Waals surface area (Å²) in [4.78, 5) is 2.62. The molecule has 3 heterocycles. The van der Waals surface area contributed by atoms with Crippen LogP contribution in [-0.4, -0.2) is 0 Å². The van der Waals surface area contributed by atoms with Crippen LogP contribution in [0.5, 0.6) is 0 Å². The predicted octanol–water partition coefficient (Wildman–Crippen LogP) is 15.5. The van der Waals surface area contributed by atoms with Gasteiger partial charge in [-0.05, 0) is 110 Å². The molecule has 0 unspecified atom stereocenters. The summed E-state index contributed by atoms with van der Waals surface area (Å²) >= 11 is 1.95. The minimum absolute atomic E-state index is 0.244. The third kappa shape index (κ3) is 4.85. The zero-order valence-electron chi connectivity index (χ0n) is 32.1. The number of anilines is 3. The summed E-state index contributed by atoms with van der Waals surface area (Å²) in [6.45, 7) is 9.79. The van der Waals surface area contributed by atoms with Gasteiger partial charge in [0.25, 0.3) is 0 Å². The van der Waals surface area contributed by atoms with Crippen molar-refractivity contribution in [1.29, 1.82) is 0 Å². The molecule has 2 aliphatic heterocycles. The molecule has 0 saturated carbocycles. The zero-order valence-corrected chi connectivity index (χ0v) is 32.9. The fourth-order valence-electron chi connectivity index (χ4n) is 9.63. The Balaban J connectivity index is 1.15. The largest absolute Gasteiger partial charge is 0.309 e. The van der Waals surface area contributed by atoms with Gasteiger partial charge >= 0.3 is 0 Å². The van der Waals surface area contributed by atoms with E-state index >= 15 is 0 Å². The lowest BCUT2D eigenvalue weighted by atomic mass is 9.65. The Bertz CT molecular complexity index is 3010. The Morgan fingerprint density at radius 1 is 0.375 bits per heavy atom. The molecular formula is C54H41NS. The van der Waals surface area contributed by atoms with E-state index in [1.807, 2.05) is 11.3 Å². The second-order valence-corrected chi connectivity index (χ2v) is 17.6. The number of hydrogen-bond donors (Lipinski definition) is 0. The molecule has 1 nitrogen and oxygen atoms in total. The van der Waals surface area contributed by atoms with Gasteiger partial charge in [0, 0.05) is 36.6 Å². The summed E-state index contributed by atoms with van der Waals surface area (Å²) in [5.41, 5.74) is 18.8. The lowest BCUT2D eigenvalue weighted by molar-refractivity contribution is 0.603. The maximum absolute atomic E-state index is 2.62. The van der Waals surface area contributed by atoms with E-state index < -0.39 is 0 Å². The molecular weight excluding hydrogens is 695 g/mol. The van der Waals surface area contributed by atoms with Crippen LogP contribution in [-0.2, 0) is 10.8 Å². The van der Waals surface area contributed by atoms with Gasteiger partial charge in [0.15, 0.2) is 0 Å². The molecule has 0 spiro atoms. The summed E-state index contributed by atoms with van der Waals surface area (Å²) in [6.07, 6.45) is 0. The normalized spacial score (nSPS) is 14.7. The van der Waals surface area contributed by atoms with E-state index in [2.05, 4.69) is 209 Å². The van der Waals surface area contributed by atoms with Gasteiger partial charge in [-0.2, -0.15) is 0 Å². The van der Waals surface area contributed by atoms with Crippen molar-refractivity contribution in [1.82, 2.24) is 0 Å². The van der Waals surface area contributed by atoms with E-state index in [1.165, 1.54) is 104 Å². The van der Waals surface area contributed by atoms with E-state index in [1.54, 1.807) is 0 Å². The molecule has 0 radical (unpaired) electrons. The van der Waals surface area contributed by atoms with Crippen LogP contribution in [0, 0.1) is 0 Å². The smallest absolute Gasteiger partial charge is 0.0558 e. The van der Waals surface area contributed by atoms with E-state index in [0.717, 1.165) is 0 Å². The first-order valence-electron chi connectivity index (χ1n) is 19.7. The van der Waals surface area contributed by atoms with Gasteiger partial charge in [-0.3, -0.25) is 0 Å². The Morgan fingerprint density at radius 3 is 1.41 bits per heavy atom. The van der Waals surface area contributed by atoms with Gasteiger partial charge in [0.1, 0.15) is 0 Å². The van der Waals surface area contributed by atoms with Crippen molar-refractivity contribution in [2.24, 2.45) is 0 Å². The summed E-state index contributed by atoms with van der Waals surface area (Å²) < 4.78 is 2.74.